The monoisotopic (exact) mass is 198 g/mol. The zero-order valence-corrected chi connectivity index (χ0v) is 7.91. The van der Waals surface area contributed by atoms with Crippen molar-refractivity contribution >= 4 is 11.7 Å². The van der Waals surface area contributed by atoms with E-state index in [-0.39, 0.29) is 11.7 Å². The quantitative estimate of drug-likeness (QED) is 0.679. The molecule has 0 bridgehead atoms. The number of halogens is 1. The minimum absolute atomic E-state index is 0.191. The van der Waals surface area contributed by atoms with Crippen LogP contribution in [0.4, 0.5) is 10.2 Å². The summed E-state index contributed by atoms with van der Waals surface area (Å²) in [6.07, 6.45) is 1.09. The molecule has 0 radical (unpaired) electrons. The van der Waals surface area contributed by atoms with Crippen molar-refractivity contribution in [3.63, 3.8) is 0 Å². The van der Waals surface area contributed by atoms with Crippen molar-refractivity contribution in [1.82, 2.24) is 15.3 Å². The first-order valence-corrected chi connectivity index (χ1v) is 4.09. The summed E-state index contributed by atoms with van der Waals surface area (Å²) >= 11 is 0. The minimum atomic E-state index is -0.633. The Labute approximate surface area is 80.8 Å². The molecule has 14 heavy (non-hydrogen) atoms. The Morgan fingerprint density at radius 2 is 2.29 bits per heavy atom. The molecule has 1 atom stereocenters. The summed E-state index contributed by atoms with van der Waals surface area (Å²) in [4.78, 5) is 18.1. The van der Waals surface area contributed by atoms with E-state index < -0.39 is 12.0 Å². The summed E-state index contributed by atoms with van der Waals surface area (Å²) in [6, 6.07) is 0.661. The highest BCUT2D eigenvalue weighted by molar-refractivity contribution is 5.83. The maximum Gasteiger partial charge on any atom is 0.241 e. The van der Waals surface area contributed by atoms with Crippen molar-refractivity contribution in [2.24, 2.45) is 0 Å². The lowest BCUT2D eigenvalue weighted by Gasteiger charge is -2.11. The maximum atomic E-state index is 12.6. The Bertz CT molecular complexity index is 331. The van der Waals surface area contributed by atoms with Crippen LogP contribution in [-0.2, 0) is 4.79 Å². The predicted octanol–water partition coefficient (Wildman–Crippen LogP) is 0.162. The molecule has 0 aromatic carbocycles. The Morgan fingerprint density at radius 3 is 2.86 bits per heavy atom. The molecule has 76 valence electrons. The summed E-state index contributed by atoms with van der Waals surface area (Å²) in [5, 5.41) is 5.19. The average Bonchev–Trinajstić information content (AvgIpc) is 2.16. The summed E-state index contributed by atoms with van der Waals surface area (Å²) in [7, 11) is 1.53. The third-order valence-corrected chi connectivity index (χ3v) is 1.64. The van der Waals surface area contributed by atoms with Crippen molar-refractivity contribution < 1.29 is 9.18 Å². The molecule has 1 aromatic heterocycles. The van der Waals surface area contributed by atoms with Crippen LogP contribution in [0.5, 0.6) is 0 Å². The van der Waals surface area contributed by atoms with Crippen LogP contribution in [0, 0.1) is 5.95 Å². The van der Waals surface area contributed by atoms with E-state index in [1.54, 1.807) is 6.92 Å². The van der Waals surface area contributed by atoms with Gasteiger partial charge in [0, 0.05) is 13.1 Å². The Hall–Kier alpha value is -1.72. The molecular weight excluding hydrogens is 187 g/mol. The minimum Gasteiger partial charge on any atom is -0.358 e. The van der Waals surface area contributed by atoms with E-state index in [2.05, 4.69) is 20.6 Å². The van der Waals surface area contributed by atoms with Gasteiger partial charge in [0.15, 0.2) is 0 Å². The number of carbonyl (C=O) groups is 1. The summed E-state index contributed by atoms with van der Waals surface area (Å²) in [6.45, 7) is 1.65. The molecule has 0 aliphatic rings. The number of amides is 1. The van der Waals surface area contributed by atoms with Gasteiger partial charge < -0.3 is 10.6 Å². The van der Waals surface area contributed by atoms with E-state index in [4.69, 9.17) is 0 Å². The zero-order valence-electron chi connectivity index (χ0n) is 7.91. The Kier molecular flexibility index (Phi) is 3.33. The number of aromatic nitrogens is 2. The first kappa shape index (κ1) is 10.4. The lowest BCUT2D eigenvalue weighted by atomic mass is 10.3. The molecule has 1 unspecified atom stereocenters. The number of hydrogen-bond donors (Lipinski definition) is 2. The summed E-state index contributed by atoms with van der Waals surface area (Å²) in [5.41, 5.74) is 0. The fourth-order valence-electron chi connectivity index (χ4n) is 0.916. The van der Waals surface area contributed by atoms with Crippen LogP contribution in [0.2, 0.25) is 0 Å². The van der Waals surface area contributed by atoms with E-state index in [1.165, 1.54) is 7.05 Å². The standard InChI is InChI=1S/C8H11FN4O/c1-5(8(14)10-2)13-7-3-6(9)11-4-12-7/h3-5H,1-2H3,(H,10,14)(H,11,12,13). The summed E-state index contributed by atoms with van der Waals surface area (Å²) < 4.78 is 12.6. The van der Waals surface area contributed by atoms with Gasteiger partial charge in [-0.2, -0.15) is 4.39 Å². The van der Waals surface area contributed by atoms with E-state index >= 15 is 0 Å². The lowest BCUT2D eigenvalue weighted by Crippen LogP contribution is -2.35. The second-order valence-electron chi connectivity index (χ2n) is 2.71. The van der Waals surface area contributed by atoms with Crippen LogP contribution in [0.25, 0.3) is 0 Å². The van der Waals surface area contributed by atoms with Crippen LogP contribution in [0.3, 0.4) is 0 Å². The van der Waals surface area contributed by atoms with Gasteiger partial charge in [0.1, 0.15) is 18.2 Å². The molecule has 5 nitrogen and oxygen atoms in total. The topological polar surface area (TPSA) is 66.9 Å². The highest BCUT2D eigenvalue weighted by atomic mass is 19.1. The van der Waals surface area contributed by atoms with Crippen molar-refractivity contribution in [3.05, 3.63) is 18.3 Å². The molecule has 0 saturated heterocycles. The van der Waals surface area contributed by atoms with Crippen molar-refractivity contribution in [3.8, 4) is 0 Å². The predicted molar refractivity (Wildman–Crippen MR) is 49.1 cm³/mol. The van der Waals surface area contributed by atoms with Gasteiger partial charge >= 0.3 is 0 Å². The van der Waals surface area contributed by atoms with Crippen LogP contribution in [0.1, 0.15) is 6.92 Å². The van der Waals surface area contributed by atoms with Gasteiger partial charge in [-0.1, -0.05) is 0 Å². The third kappa shape index (κ3) is 2.65. The normalized spacial score (nSPS) is 11.9. The largest absolute Gasteiger partial charge is 0.358 e. The first-order valence-electron chi connectivity index (χ1n) is 4.09. The second-order valence-corrected chi connectivity index (χ2v) is 2.71. The molecule has 0 aliphatic carbocycles. The number of hydrogen-bond acceptors (Lipinski definition) is 4. The van der Waals surface area contributed by atoms with Gasteiger partial charge in [-0.25, -0.2) is 9.97 Å². The van der Waals surface area contributed by atoms with Gasteiger partial charge in [-0.15, -0.1) is 0 Å². The van der Waals surface area contributed by atoms with Crippen molar-refractivity contribution in [2.75, 3.05) is 12.4 Å². The molecule has 1 rings (SSSR count). The van der Waals surface area contributed by atoms with Gasteiger partial charge in [-0.05, 0) is 6.92 Å². The molecule has 0 saturated carbocycles. The van der Waals surface area contributed by atoms with Gasteiger partial charge in [-0.3, -0.25) is 4.79 Å². The Balaban J connectivity index is 2.64. The van der Waals surface area contributed by atoms with E-state index in [9.17, 15) is 9.18 Å². The average molecular weight is 198 g/mol. The van der Waals surface area contributed by atoms with E-state index in [1.807, 2.05) is 0 Å². The van der Waals surface area contributed by atoms with Crippen LogP contribution < -0.4 is 10.6 Å². The lowest BCUT2D eigenvalue weighted by molar-refractivity contribution is -0.121. The van der Waals surface area contributed by atoms with Gasteiger partial charge in [0.25, 0.3) is 0 Å². The van der Waals surface area contributed by atoms with Crippen LogP contribution in [-0.4, -0.2) is 29.0 Å². The smallest absolute Gasteiger partial charge is 0.241 e. The second kappa shape index (κ2) is 4.50. The maximum absolute atomic E-state index is 12.6. The summed E-state index contributed by atoms with van der Waals surface area (Å²) in [5.74, 6) is -0.538. The number of anilines is 1. The number of likely N-dealkylation sites (N-methyl/N-ethyl adjacent to an activating group) is 1. The molecular formula is C8H11FN4O. The SMILES string of the molecule is CNC(=O)C(C)Nc1cc(F)ncn1. The number of rotatable bonds is 3. The molecule has 1 aromatic rings. The number of nitrogens with zero attached hydrogens (tertiary/aromatic N) is 2. The van der Waals surface area contributed by atoms with Gasteiger partial charge in [0.2, 0.25) is 11.9 Å². The van der Waals surface area contributed by atoms with E-state index in [0.717, 1.165) is 12.4 Å². The fourth-order valence-corrected chi connectivity index (χ4v) is 0.916. The van der Waals surface area contributed by atoms with Crippen molar-refractivity contribution in [1.29, 1.82) is 0 Å². The molecule has 0 fully saturated rings. The first-order chi connectivity index (χ1) is 6.63. The molecule has 0 aliphatic heterocycles. The third-order valence-electron chi connectivity index (χ3n) is 1.64. The van der Waals surface area contributed by atoms with Crippen LogP contribution in [0.15, 0.2) is 12.4 Å². The molecule has 2 N–H and O–H groups in total. The highest BCUT2D eigenvalue weighted by Crippen LogP contribution is 2.03. The molecule has 1 heterocycles. The Morgan fingerprint density at radius 1 is 1.57 bits per heavy atom. The molecule has 1 amide bonds. The fraction of sp³-hybridized carbons (Fsp3) is 0.375. The molecule has 0 spiro atoms. The number of nitrogens with one attached hydrogen (secondary N) is 2. The zero-order chi connectivity index (χ0) is 10.6. The van der Waals surface area contributed by atoms with Crippen LogP contribution >= 0.6 is 0 Å². The molecule has 6 heteroatoms. The van der Waals surface area contributed by atoms with Crippen molar-refractivity contribution in [2.45, 2.75) is 13.0 Å². The number of carbonyl (C=O) groups excluding carboxylic acids is 1. The van der Waals surface area contributed by atoms with Gasteiger partial charge in [0.05, 0.1) is 0 Å². The van der Waals surface area contributed by atoms with E-state index in [0.29, 0.717) is 0 Å². The highest BCUT2D eigenvalue weighted by Gasteiger charge is 2.10.